The standard InChI is InChI=1S/C19H16N4O2S/c24-17(20-11-13-6-2-1-3-7-13)12-26-19-23-22-18(25-19)16-10-14-8-4-5-9-15(14)21-16/h1-10,21H,11-12H2,(H,20,24). The summed E-state index contributed by atoms with van der Waals surface area (Å²) in [6.45, 7) is 0.504. The highest BCUT2D eigenvalue weighted by atomic mass is 32.2. The fraction of sp³-hybridized carbons (Fsp3) is 0.105. The molecule has 0 saturated heterocycles. The Balaban J connectivity index is 1.34. The summed E-state index contributed by atoms with van der Waals surface area (Å²) in [5, 5.41) is 12.4. The van der Waals surface area contributed by atoms with E-state index in [0.717, 1.165) is 22.2 Å². The molecule has 7 heteroatoms. The molecule has 0 aliphatic heterocycles. The lowest BCUT2D eigenvalue weighted by molar-refractivity contribution is -0.118. The second kappa shape index (κ2) is 7.45. The molecular formula is C19H16N4O2S. The number of thioether (sulfide) groups is 1. The maximum atomic E-state index is 12.0. The molecule has 0 spiro atoms. The van der Waals surface area contributed by atoms with E-state index in [9.17, 15) is 4.79 Å². The van der Waals surface area contributed by atoms with E-state index in [1.807, 2.05) is 60.7 Å². The summed E-state index contributed by atoms with van der Waals surface area (Å²) >= 11 is 1.22. The zero-order chi connectivity index (χ0) is 17.8. The lowest BCUT2D eigenvalue weighted by Gasteiger charge is -2.03. The second-order valence-electron chi connectivity index (χ2n) is 5.69. The zero-order valence-corrected chi connectivity index (χ0v) is 14.6. The number of nitrogens with one attached hydrogen (secondary N) is 2. The van der Waals surface area contributed by atoms with Crippen molar-refractivity contribution in [1.29, 1.82) is 0 Å². The maximum absolute atomic E-state index is 12.0. The quantitative estimate of drug-likeness (QED) is 0.511. The Bertz CT molecular complexity index is 993. The highest BCUT2D eigenvalue weighted by molar-refractivity contribution is 7.99. The lowest BCUT2D eigenvalue weighted by atomic mass is 10.2. The van der Waals surface area contributed by atoms with Crippen LogP contribution in [-0.2, 0) is 11.3 Å². The third-order valence-corrected chi connectivity index (χ3v) is 4.64. The first kappa shape index (κ1) is 16.4. The summed E-state index contributed by atoms with van der Waals surface area (Å²) < 4.78 is 5.64. The van der Waals surface area contributed by atoms with Crippen LogP contribution in [0.4, 0.5) is 0 Å². The number of hydrogen-bond acceptors (Lipinski definition) is 5. The number of amides is 1. The highest BCUT2D eigenvalue weighted by Gasteiger charge is 2.13. The van der Waals surface area contributed by atoms with Crippen LogP contribution < -0.4 is 5.32 Å². The molecule has 1 amide bonds. The van der Waals surface area contributed by atoms with Gasteiger partial charge in [0.15, 0.2) is 0 Å². The summed E-state index contributed by atoms with van der Waals surface area (Å²) in [4.78, 5) is 15.2. The number of aromatic nitrogens is 3. The molecule has 26 heavy (non-hydrogen) atoms. The van der Waals surface area contributed by atoms with Crippen molar-refractivity contribution in [2.75, 3.05) is 5.75 Å². The number of fused-ring (bicyclic) bond motifs is 1. The van der Waals surface area contributed by atoms with Crippen molar-refractivity contribution >= 4 is 28.6 Å². The van der Waals surface area contributed by atoms with E-state index in [0.29, 0.717) is 17.7 Å². The van der Waals surface area contributed by atoms with Crippen LogP contribution in [0, 0.1) is 0 Å². The minimum Gasteiger partial charge on any atom is -0.410 e. The number of rotatable bonds is 6. The Kier molecular flexibility index (Phi) is 4.70. The predicted molar refractivity (Wildman–Crippen MR) is 101 cm³/mol. The summed E-state index contributed by atoms with van der Waals surface area (Å²) in [5.41, 5.74) is 2.83. The van der Waals surface area contributed by atoms with Crippen LogP contribution in [0.25, 0.3) is 22.5 Å². The van der Waals surface area contributed by atoms with Crippen LogP contribution in [0.5, 0.6) is 0 Å². The van der Waals surface area contributed by atoms with Crippen LogP contribution in [-0.4, -0.2) is 26.8 Å². The normalized spacial score (nSPS) is 10.9. The van der Waals surface area contributed by atoms with E-state index in [4.69, 9.17) is 4.42 Å². The molecule has 4 aromatic rings. The number of benzene rings is 2. The van der Waals surface area contributed by atoms with E-state index in [2.05, 4.69) is 20.5 Å². The van der Waals surface area contributed by atoms with Gasteiger partial charge in [-0.1, -0.05) is 60.3 Å². The van der Waals surface area contributed by atoms with E-state index >= 15 is 0 Å². The first-order chi connectivity index (χ1) is 12.8. The molecule has 0 bridgehead atoms. The molecule has 130 valence electrons. The van der Waals surface area contributed by atoms with E-state index in [1.165, 1.54) is 11.8 Å². The Morgan fingerprint density at radius 1 is 1.08 bits per heavy atom. The minimum atomic E-state index is -0.0794. The number of carbonyl (C=O) groups is 1. The Hall–Kier alpha value is -3.06. The fourth-order valence-corrected chi connectivity index (χ4v) is 3.13. The lowest BCUT2D eigenvalue weighted by Crippen LogP contribution is -2.24. The van der Waals surface area contributed by atoms with Crippen molar-refractivity contribution in [2.45, 2.75) is 11.8 Å². The van der Waals surface area contributed by atoms with Crippen molar-refractivity contribution in [3.63, 3.8) is 0 Å². The van der Waals surface area contributed by atoms with Gasteiger partial charge in [0, 0.05) is 17.4 Å². The summed E-state index contributed by atoms with van der Waals surface area (Å²) in [5.74, 6) is 0.555. The average molecular weight is 364 g/mol. The van der Waals surface area contributed by atoms with Gasteiger partial charge in [-0.05, 0) is 17.7 Å². The van der Waals surface area contributed by atoms with Gasteiger partial charge in [0.2, 0.25) is 5.91 Å². The number of nitrogens with zero attached hydrogens (tertiary/aromatic N) is 2. The van der Waals surface area contributed by atoms with Gasteiger partial charge in [-0.15, -0.1) is 10.2 Å². The molecule has 6 nitrogen and oxygen atoms in total. The monoisotopic (exact) mass is 364 g/mol. The first-order valence-electron chi connectivity index (χ1n) is 8.13. The molecule has 0 atom stereocenters. The number of aromatic amines is 1. The minimum absolute atomic E-state index is 0.0794. The predicted octanol–water partition coefficient (Wildman–Crippen LogP) is 3.63. The van der Waals surface area contributed by atoms with Gasteiger partial charge in [-0.2, -0.15) is 0 Å². The molecule has 0 aliphatic carbocycles. The Morgan fingerprint density at radius 3 is 2.73 bits per heavy atom. The van der Waals surface area contributed by atoms with Gasteiger partial charge in [0.05, 0.1) is 5.75 Å². The summed E-state index contributed by atoms with van der Waals surface area (Å²) in [6.07, 6.45) is 0. The molecule has 2 heterocycles. The van der Waals surface area contributed by atoms with Crippen molar-refractivity contribution < 1.29 is 9.21 Å². The SMILES string of the molecule is O=C(CSc1nnc(-c2cc3ccccc3[nH]2)o1)NCc1ccccc1. The maximum Gasteiger partial charge on any atom is 0.277 e. The molecule has 0 aliphatic rings. The fourth-order valence-electron chi connectivity index (χ4n) is 2.54. The van der Waals surface area contributed by atoms with E-state index < -0.39 is 0 Å². The molecule has 0 unspecified atom stereocenters. The topological polar surface area (TPSA) is 83.8 Å². The van der Waals surface area contributed by atoms with E-state index in [1.54, 1.807) is 0 Å². The average Bonchev–Trinajstić information content (AvgIpc) is 3.32. The molecule has 2 aromatic carbocycles. The third kappa shape index (κ3) is 3.78. The third-order valence-electron chi connectivity index (χ3n) is 3.83. The van der Waals surface area contributed by atoms with Gasteiger partial charge in [0.1, 0.15) is 5.69 Å². The molecular weight excluding hydrogens is 348 g/mol. The van der Waals surface area contributed by atoms with Gasteiger partial charge in [-0.25, -0.2) is 0 Å². The van der Waals surface area contributed by atoms with Crippen molar-refractivity contribution in [2.24, 2.45) is 0 Å². The molecule has 2 N–H and O–H groups in total. The summed E-state index contributed by atoms with van der Waals surface area (Å²) in [7, 11) is 0. The molecule has 0 saturated carbocycles. The van der Waals surface area contributed by atoms with Crippen LogP contribution >= 0.6 is 11.8 Å². The van der Waals surface area contributed by atoms with Gasteiger partial charge in [0.25, 0.3) is 11.1 Å². The van der Waals surface area contributed by atoms with Crippen molar-refractivity contribution in [3.8, 4) is 11.6 Å². The molecule has 4 rings (SSSR count). The number of carbonyl (C=O) groups excluding carboxylic acids is 1. The summed E-state index contributed by atoms with van der Waals surface area (Å²) in [6, 6.07) is 19.7. The second-order valence-corrected chi connectivity index (χ2v) is 6.62. The highest BCUT2D eigenvalue weighted by Crippen LogP contribution is 2.25. The van der Waals surface area contributed by atoms with Gasteiger partial charge < -0.3 is 14.7 Å². The number of para-hydroxylation sites is 1. The largest absolute Gasteiger partial charge is 0.410 e. The van der Waals surface area contributed by atoms with Crippen molar-refractivity contribution in [1.82, 2.24) is 20.5 Å². The van der Waals surface area contributed by atoms with Crippen LogP contribution in [0.3, 0.4) is 0 Å². The number of hydrogen-bond donors (Lipinski definition) is 2. The van der Waals surface area contributed by atoms with Crippen molar-refractivity contribution in [3.05, 3.63) is 66.2 Å². The zero-order valence-electron chi connectivity index (χ0n) is 13.8. The van der Waals surface area contributed by atoms with Gasteiger partial charge in [-0.3, -0.25) is 4.79 Å². The van der Waals surface area contributed by atoms with E-state index in [-0.39, 0.29) is 11.7 Å². The van der Waals surface area contributed by atoms with Crippen LogP contribution in [0.2, 0.25) is 0 Å². The smallest absolute Gasteiger partial charge is 0.277 e. The van der Waals surface area contributed by atoms with Crippen LogP contribution in [0.1, 0.15) is 5.56 Å². The molecule has 0 fully saturated rings. The Morgan fingerprint density at radius 2 is 1.88 bits per heavy atom. The first-order valence-corrected chi connectivity index (χ1v) is 9.11. The molecule has 0 radical (unpaired) electrons. The molecule has 2 aromatic heterocycles. The van der Waals surface area contributed by atoms with Gasteiger partial charge >= 0.3 is 0 Å². The number of H-pyrrole nitrogens is 1. The Labute approximate surface area is 154 Å². The van der Waals surface area contributed by atoms with Crippen LogP contribution in [0.15, 0.2) is 70.3 Å².